The van der Waals surface area contributed by atoms with Crippen molar-refractivity contribution in [2.45, 2.75) is 13.8 Å². The van der Waals surface area contributed by atoms with Crippen molar-refractivity contribution < 1.29 is 29.7 Å². The molecule has 0 aliphatic rings. The van der Waals surface area contributed by atoms with Crippen LogP contribution in [0.4, 0.5) is 0 Å². The fraction of sp³-hybridized carbons (Fsp3) is 0.250. The van der Waals surface area contributed by atoms with Crippen molar-refractivity contribution in [2.75, 3.05) is 0 Å². The van der Waals surface area contributed by atoms with Crippen LogP contribution in [-0.2, 0) is 14.4 Å². The molecule has 1 atom stereocenters. The standard InChI is InChI=1S/C12H14O6/c1-6(4-7(2)10(13)14)9(12(17)18)5-8(3)11(15)16/h4-6H,3H2,1-2H3,(H,13,14)(H,15,16)(H,17,18). The van der Waals surface area contributed by atoms with E-state index in [0.29, 0.717) is 0 Å². The monoisotopic (exact) mass is 254 g/mol. The van der Waals surface area contributed by atoms with Gasteiger partial charge in [0.1, 0.15) is 0 Å². The Balaban J connectivity index is 5.34. The number of allylic oxidation sites excluding steroid dienone is 1. The summed E-state index contributed by atoms with van der Waals surface area (Å²) in [5.41, 5.74) is -0.626. The molecule has 18 heavy (non-hydrogen) atoms. The Hall–Kier alpha value is -2.37. The molecule has 6 heteroatoms. The Morgan fingerprint density at radius 2 is 1.56 bits per heavy atom. The summed E-state index contributed by atoms with van der Waals surface area (Å²) in [6.45, 7) is 5.98. The van der Waals surface area contributed by atoms with Gasteiger partial charge in [-0.2, -0.15) is 0 Å². The van der Waals surface area contributed by atoms with Gasteiger partial charge in [-0.15, -0.1) is 0 Å². The van der Waals surface area contributed by atoms with Gasteiger partial charge in [-0.25, -0.2) is 14.4 Å². The Morgan fingerprint density at radius 1 is 1.06 bits per heavy atom. The second-order valence-corrected chi connectivity index (χ2v) is 3.68. The highest BCUT2D eigenvalue weighted by molar-refractivity contribution is 5.95. The van der Waals surface area contributed by atoms with Crippen molar-refractivity contribution in [1.82, 2.24) is 0 Å². The molecule has 1 unspecified atom stereocenters. The summed E-state index contributed by atoms with van der Waals surface area (Å²) < 4.78 is 0. The van der Waals surface area contributed by atoms with Gasteiger partial charge in [-0.3, -0.25) is 0 Å². The first-order chi connectivity index (χ1) is 8.16. The summed E-state index contributed by atoms with van der Waals surface area (Å²) in [4.78, 5) is 32.1. The predicted octanol–water partition coefficient (Wildman–Crippen LogP) is 1.31. The van der Waals surface area contributed by atoms with Crippen molar-refractivity contribution in [2.24, 2.45) is 5.92 Å². The summed E-state index contributed by atoms with van der Waals surface area (Å²) in [5, 5.41) is 26.2. The number of carboxylic acids is 3. The van der Waals surface area contributed by atoms with Gasteiger partial charge in [0.15, 0.2) is 0 Å². The molecule has 0 aromatic rings. The van der Waals surface area contributed by atoms with E-state index in [-0.39, 0.29) is 16.7 Å². The zero-order chi connectivity index (χ0) is 14.5. The van der Waals surface area contributed by atoms with Crippen LogP contribution in [0.25, 0.3) is 0 Å². The predicted molar refractivity (Wildman–Crippen MR) is 63.1 cm³/mol. The second-order valence-electron chi connectivity index (χ2n) is 3.68. The van der Waals surface area contributed by atoms with Crippen LogP contribution >= 0.6 is 0 Å². The average Bonchev–Trinajstić information content (AvgIpc) is 2.24. The molecular weight excluding hydrogens is 240 g/mol. The lowest BCUT2D eigenvalue weighted by atomic mass is 9.96. The zero-order valence-corrected chi connectivity index (χ0v) is 10.0. The van der Waals surface area contributed by atoms with Gasteiger partial charge in [-0.05, 0) is 13.0 Å². The van der Waals surface area contributed by atoms with Crippen molar-refractivity contribution in [3.8, 4) is 0 Å². The minimum Gasteiger partial charge on any atom is -0.478 e. The van der Waals surface area contributed by atoms with E-state index in [9.17, 15) is 14.4 Å². The summed E-state index contributed by atoms with van der Waals surface area (Å²) in [6, 6.07) is 0. The molecule has 0 bridgehead atoms. The Kier molecular flexibility index (Phi) is 5.55. The van der Waals surface area contributed by atoms with E-state index in [1.807, 2.05) is 0 Å². The number of carbonyl (C=O) groups is 3. The summed E-state index contributed by atoms with van der Waals surface area (Å²) in [5.74, 6) is -4.56. The van der Waals surface area contributed by atoms with Crippen LogP contribution in [0.15, 0.2) is 35.5 Å². The van der Waals surface area contributed by atoms with E-state index in [4.69, 9.17) is 15.3 Å². The largest absolute Gasteiger partial charge is 0.478 e. The Labute approximate surface area is 104 Å². The van der Waals surface area contributed by atoms with Gasteiger partial charge in [0, 0.05) is 17.1 Å². The molecule has 0 radical (unpaired) electrons. The fourth-order valence-corrected chi connectivity index (χ4v) is 1.17. The maximum absolute atomic E-state index is 11.0. The lowest BCUT2D eigenvalue weighted by Gasteiger charge is -2.08. The first kappa shape index (κ1) is 15.6. The first-order valence-corrected chi connectivity index (χ1v) is 4.95. The Bertz CT molecular complexity index is 455. The molecule has 0 amide bonds. The van der Waals surface area contributed by atoms with Crippen molar-refractivity contribution >= 4 is 17.9 Å². The lowest BCUT2D eigenvalue weighted by molar-refractivity contribution is -0.134. The summed E-state index contributed by atoms with van der Waals surface area (Å²) in [6.07, 6.45) is 2.15. The number of carboxylic acid groups (broad SMARTS) is 3. The molecule has 0 spiro atoms. The molecule has 0 fully saturated rings. The molecule has 98 valence electrons. The van der Waals surface area contributed by atoms with Crippen molar-refractivity contribution in [3.63, 3.8) is 0 Å². The number of hydrogen-bond acceptors (Lipinski definition) is 3. The van der Waals surface area contributed by atoms with E-state index < -0.39 is 23.8 Å². The molecule has 0 saturated carbocycles. The van der Waals surface area contributed by atoms with Crippen LogP contribution in [0.5, 0.6) is 0 Å². The molecule has 0 rings (SSSR count). The quantitative estimate of drug-likeness (QED) is 0.486. The fourth-order valence-electron chi connectivity index (χ4n) is 1.17. The summed E-state index contributed by atoms with van der Waals surface area (Å²) in [7, 11) is 0. The van der Waals surface area contributed by atoms with Crippen LogP contribution in [0.1, 0.15) is 13.8 Å². The van der Waals surface area contributed by atoms with Gasteiger partial charge in [0.2, 0.25) is 0 Å². The number of aliphatic carboxylic acids is 3. The van der Waals surface area contributed by atoms with Crippen LogP contribution in [0.3, 0.4) is 0 Å². The van der Waals surface area contributed by atoms with Crippen LogP contribution in [-0.4, -0.2) is 33.2 Å². The van der Waals surface area contributed by atoms with Gasteiger partial charge in [0.05, 0.1) is 5.57 Å². The highest BCUT2D eigenvalue weighted by Gasteiger charge is 2.17. The van der Waals surface area contributed by atoms with Gasteiger partial charge < -0.3 is 15.3 Å². The first-order valence-electron chi connectivity index (χ1n) is 4.95. The van der Waals surface area contributed by atoms with Gasteiger partial charge >= 0.3 is 17.9 Å². The van der Waals surface area contributed by atoms with E-state index in [1.54, 1.807) is 0 Å². The van der Waals surface area contributed by atoms with E-state index in [2.05, 4.69) is 6.58 Å². The van der Waals surface area contributed by atoms with E-state index in [1.165, 1.54) is 19.9 Å². The maximum Gasteiger partial charge on any atom is 0.335 e. The minimum absolute atomic E-state index is 0.0180. The lowest BCUT2D eigenvalue weighted by Crippen LogP contribution is -2.11. The number of rotatable bonds is 6. The Morgan fingerprint density at radius 3 is 1.89 bits per heavy atom. The van der Waals surface area contributed by atoms with Crippen molar-refractivity contribution in [1.29, 1.82) is 0 Å². The zero-order valence-electron chi connectivity index (χ0n) is 10.0. The highest BCUT2D eigenvalue weighted by atomic mass is 16.4. The molecule has 6 nitrogen and oxygen atoms in total. The second kappa shape index (κ2) is 6.39. The van der Waals surface area contributed by atoms with Gasteiger partial charge in [0.25, 0.3) is 0 Å². The molecule has 0 aliphatic carbocycles. The third-order valence-electron chi connectivity index (χ3n) is 2.18. The minimum atomic E-state index is -1.33. The molecular formula is C12H14O6. The van der Waals surface area contributed by atoms with E-state index >= 15 is 0 Å². The third-order valence-corrected chi connectivity index (χ3v) is 2.18. The summed E-state index contributed by atoms with van der Waals surface area (Å²) >= 11 is 0. The molecule has 3 N–H and O–H groups in total. The molecule has 0 heterocycles. The van der Waals surface area contributed by atoms with Gasteiger partial charge in [-0.1, -0.05) is 19.6 Å². The topological polar surface area (TPSA) is 112 Å². The molecule has 0 saturated heterocycles. The van der Waals surface area contributed by atoms with Crippen LogP contribution in [0, 0.1) is 5.92 Å². The molecule has 0 aliphatic heterocycles. The van der Waals surface area contributed by atoms with Crippen molar-refractivity contribution in [3.05, 3.63) is 35.5 Å². The SMILES string of the molecule is C=C(C=C(C(=O)O)C(C)C=C(C)C(=O)O)C(=O)O. The third kappa shape index (κ3) is 4.65. The number of hydrogen-bond donors (Lipinski definition) is 3. The molecule has 0 aromatic heterocycles. The molecule has 0 aromatic carbocycles. The normalized spacial score (nSPS) is 13.9. The average molecular weight is 254 g/mol. The van der Waals surface area contributed by atoms with Crippen LogP contribution in [0.2, 0.25) is 0 Å². The van der Waals surface area contributed by atoms with E-state index in [0.717, 1.165) is 6.08 Å². The maximum atomic E-state index is 11.0. The highest BCUT2D eigenvalue weighted by Crippen LogP contribution is 2.16. The van der Waals surface area contributed by atoms with Crippen LogP contribution < -0.4 is 0 Å². The smallest absolute Gasteiger partial charge is 0.335 e.